The Kier molecular flexibility index (Phi) is 14.1. The van der Waals surface area contributed by atoms with Gasteiger partial charge in [-0.05, 0) is 82.2 Å². The maximum absolute atomic E-state index is 14.6. The van der Waals surface area contributed by atoms with Crippen LogP contribution in [0.15, 0.2) is 72.3 Å². The molecule has 2 amide bonds. The summed E-state index contributed by atoms with van der Waals surface area (Å²) in [4.78, 5) is 68.4. The molecular weight excluding hydrogens is 801 g/mol. The summed E-state index contributed by atoms with van der Waals surface area (Å²) in [5.74, 6) is -4.32. The van der Waals surface area contributed by atoms with Crippen molar-refractivity contribution in [2.24, 2.45) is 11.8 Å². The Morgan fingerprint density at radius 2 is 1.62 bits per heavy atom. The SMILES string of the molecule is CN(C(=O)C1=C[C@H]2OC(C3CC3)(C3CC3)O[C@H]2[C@H](OC(=O)c2ccccc2C=CC(=O)OCC(F)(F)F)C1)[C@H](Cc1ccccc1)C(=O)N[C@H](CO)CCC(=O)OC(C)(C)C. The van der Waals surface area contributed by atoms with Gasteiger partial charge in [0.05, 0.1) is 18.2 Å². The maximum atomic E-state index is 14.6. The first-order valence-corrected chi connectivity index (χ1v) is 20.6. The molecule has 3 aliphatic carbocycles. The van der Waals surface area contributed by atoms with Gasteiger partial charge in [-0.3, -0.25) is 14.4 Å². The molecule has 0 spiro atoms. The number of nitrogens with zero attached hydrogens (tertiary/aromatic N) is 1. The van der Waals surface area contributed by atoms with Gasteiger partial charge in [0.2, 0.25) is 11.8 Å². The monoisotopic (exact) mass is 854 g/mol. The smallest absolute Gasteiger partial charge is 0.422 e. The quantitative estimate of drug-likeness (QED) is 0.115. The van der Waals surface area contributed by atoms with Gasteiger partial charge in [0.25, 0.3) is 0 Å². The third-order valence-corrected chi connectivity index (χ3v) is 10.9. The molecular formula is C45H53F3N2O11. The molecule has 330 valence electrons. The molecule has 6 rings (SSSR count). The molecule has 16 heteroatoms. The minimum atomic E-state index is -4.71. The van der Waals surface area contributed by atoms with Crippen LogP contribution in [0.25, 0.3) is 6.08 Å². The molecule has 61 heavy (non-hydrogen) atoms. The first-order chi connectivity index (χ1) is 28.9. The molecule has 0 bridgehead atoms. The third-order valence-electron chi connectivity index (χ3n) is 10.9. The summed E-state index contributed by atoms with van der Waals surface area (Å²) in [6.45, 7) is 2.99. The molecule has 5 atom stereocenters. The second kappa shape index (κ2) is 18.9. The van der Waals surface area contributed by atoms with E-state index in [-0.39, 0.29) is 54.2 Å². The van der Waals surface area contributed by atoms with Crippen LogP contribution in [0.2, 0.25) is 0 Å². The maximum Gasteiger partial charge on any atom is 0.422 e. The number of likely N-dealkylation sites (N-methyl/N-ethyl adjacent to an activating group) is 1. The van der Waals surface area contributed by atoms with Gasteiger partial charge in [0.1, 0.15) is 30.0 Å². The molecule has 2 aromatic rings. The Balaban J connectivity index is 1.23. The lowest BCUT2D eigenvalue weighted by Crippen LogP contribution is -2.53. The molecule has 0 aromatic heterocycles. The van der Waals surface area contributed by atoms with E-state index >= 15 is 0 Å². The Morgan fingerprint density at radius 1 is 0.967 bits per heavy atom. The van der Waals surface area contributed by atoms with E-state index in [1.807, 2.05) is 30.3 Å². The second-order valence-corrected chi connectivity index (χ2v) is 17.1. The van der Waals surface area contributed by atoms with Crippen molar-refractivity contribution < 1.29 is 65.9 Å². The van der Waals surface area contributed by atoms with Gasteiger partial charge in [0, 0.05) is 49.8 Å². The van der Waals surface area contributed by atoms with E-state index in [0.717, 1.165) is 43.4 Å². The summed E-state index contributed by atoms with van der Waals surface area (Å²) in [5, 5.41) is 13.0. The van der Waals surface area contributed by atoms with Crippen LogP contribution < -0.4 is 5.32 Å². The molecule has 3 fully saturated rings. The fourth-order valence-corrected chi connectivity index (χ4v) is 7.75. The number of aliphatic hydroxyl groups is 1. The van der Waals surface area contributed by atoms with Crippen molar-refractivity contribution >= 4 is 35.8 Å². The molecule has 0 unspecified atom stereocenters. The topological polar surface area (TPSA) is 167 Å². The number of halogens is 3. The van der Waals surface area contributed by atoms with Crippen molar-refractivity contribution in [3.8, 4) is 0 Å². The number of hydrogen-bond acceptors (Lipinski definition) is 11. The molecule has 13 nitrogen and oxygen atoms in total. The molecule has 2 aromatic carbocycles. The van der Waals surface area contributed by atoms with Gasteiger partial charge >= 0.3 is 24.1 Å². The van der Waals surface area contributed by atoms with Gasteiger partial charge < -0.3 is 39.0 Å². The van der Waals surface area contributed by atoms with Crippen molar-refractivity contribution in [2.75, 3.05) is 20.3 Å². The van der Waals surface area contributed by atoms with E-state index in [0.29, 0.717) is 0 Å². The minimum absolute atomic E-state index is 0.00210. The first-order valence-electron chi connectivity index (χ1n) is 20.6. The van der Waals surface area contributed by atoms with Crippen LogP contribution in [-0.4, -0.2) is 108 Å². The molecule has 2 N–H and O–H groups in total. The number of alkyl halides is 3. The van der Waals surface area contributed by atoms with E-state index in [9.17, 15) is 42.3 Å². The highest BCUT2D eigenvalue weighted by molar-refractivity contribution is 5.98. The summed E-state index contributed by atoms with van der Waals surface area (Å²) in [6, 6.07) is 13.2. The number of nitrogens with one attached hydrogen (secondary N) is 1. The van der Waals surface area contributed by atoms with Crippen molar-refractivity contribution in [3.63, 3.8) is 0 Å². The van der Waals surface area contributed by atoms with E-state index in [1.165, 1.54) is 24.1 Å². The lowest BCUT2D eigenvalue weighted by atomic mass is 9.90. The number of benzene rings is 2. The highest BCUT2D eigenvalue weighted by Gasteiger charge is 2.64. The Labute approximate surface area is 352 Å². The number of rotatable bonds is 17. The zero-order valence-corrected chi connectivity index (χ0v) is 34.7. The van der Waals surface area contributed by atoms with Gasteiger partial charge in [-0.15, -0.1) is 0 Å². The number of fused-ring (bicyclic) bond motifs is 1. The first kappa shape index (κ1) is 45.5. The van der Waals surface area contributed by atoms with Crippen LogP contribution in [0.4, 0.5) is 13.2 Å². The summed E-state index contributed by atoms with van der Waals surface area (Å²) in [5.41, 5.74) is 0.432. The van der Waals surface area contributed by atoms with Crippen LogP contribution in [0.5, 0.6) is 0 Å². The van der Waals surface area contributed by atoms with Crippen LogP contribution in [-0.2, 0) is 49.3 Å². The highest BCUT2D eigenvalue weighted by Crippen LogP contribution is 2.59. The second-order valence-electron chi connectivity index (χ2n) is 17.1. The van der Waals surface area contributed by atoms with Crippen molar-refractivity contribution in [1.29, 1.82) is 0 Å². The minimum Gasteiger partial charge on any atom is -0.460 e. The highest BCUT2D eigenvalue weighted by atomic mass is 19.4. The summed E-state index contributed by atoms with van der Waals surface area (Å²) in [6.07, 6.45) is -0.0996. The van der Waals surface area contributed by atoms with Gasteiger partial charge in [-0.1, -0.05) is 48.5 Å². The van der Waals surface area contributed by atoms with Crippen LogP contribution in [0.3, 0.4) is 0 Å². The van der Waals surface area contributed by atoms with E-state index in [2.05, 4.69) is 10.1 Å². The molecule has 1 heterocycles. The molecule has 4 aliphatic rings. The number of esters is 3. The van der Waals surface area contributed by atoms with Gasteiger partial charge in [-0.2, -0.15) is 13.2 Å². The van der Waals surface area contributed by atoms with E-state index in [4.69, 9.17) is 18.9 Å². The van der Waals surface area contributed by atoms with E-state index in [1.54, 1.807) is 39.0 Å². The van der Waals surface area contributed by atoms with Crippen molar-refractivity contribution in [2.45, 2.75) is 120 Å². The summed E-state index contributed by atoms with van der Waals surface area (Å²) in [7, 11) is 1.49. The summed E-state index contributed by atoms with van der Waals surface area (Å²) < 4.78 is 67.0. The molecule has 1 saturated heterocycles. The van der Waals surface area contributed by atoms with Crippen molar-refractivity contribution in [3.05, 3.63) is 89.0 Å². The predicted molar refractivity (Wildman–Crippen MR) is 213 cm³/mol. The average Bonchev–Trinajstić information content (AvgIpc) is 4.16. The zero-order chi connectivity index (χ0) is 44.1. The van der Waals surface area contributed by atoms with Crippen LogP contribution in [0.1, 0.15) is 87.2 Å². The Hall–Kier alpha value is -5.06. The van der Waals surface area contributed by atoms with Crippen LogP contribution >= 0.6 is 0 Å². The zero-order valence-electron chi connectivity index (χ0n) is 34.7. The van der Waals surface area contributed by atoms with Crippen molar-refractivity contribution in [1.82, 2.24) is 10.2 Å². The number of hydrogen-bond donors (Lipinski definition) is 2. The lowest BCUT2D eigenvalue weighted by Gasteiger charge is -2.34. The Bertz CT molecular complexity index is 1980. The fraction of sp³-hybridized carbons (Fsp3) is 0.533. The largest absolute Gasteiger partial charge is 0.460 e. The predicted octanol–water partition coefficient (Wildman–Crippen LogP) is 5.63. The molecule has 1 aliphatic heterocycles. The Morgan fingerprint density at radius 3 is 2.25 bits per heavy atom. The van der Waals surface area contributed by atoms with Crippen LogP contribution in [0, 0.1) is 11.8 Å². The summed E-state index contributed by atoms with van der Waals surface area (Å²) >= 11 is 0. The lowest BCUT2D eigenvalue weighted by molar-refractivity contribution is -0.209. The van der Waals surface area contributed by atoms with Gasteiger partial charge in [-0.25, -0.2) is 9.59 Å². The normalized spacial score (nSPS) is 22.0. The number of carbonyl (C=O) groups is 5. The number of aliphatic hydroxyl groups excluding tert-OH is 1. The molecule has 0 radical (unpaired) electrons. The average molecular weight is 855 g/mol. The van der Waals surface area contributed by atoms with Gasteiger partial charge in [0.15, 0.2) is 12.4 Å². The standard InChI is InChI=1S/C45H53F3N2O11/c1-43(2,3)60-38(53)21-19-32(25-51)49-40(54)34(22-27-10-6-5-7-11-27)50(4)41(55)29-23-35(39-36(24-29)59-45(61-39,30-15-16-30)31-17-18-31)58-42(56)33-13-9-8-12-28(33)14-20-37(52)57-26-44(46,47)48/h5-14,20,24,30-32,34-36,39,51H,15-19,21-23,25-26H2,1-4H3,(H,49,54)/t32-,34+,35+,36+,39-/m0/s1. The molecule has 2 saturated carbocycles. The number of ether oxygens (including phenoxy) is 5. The number of carbonyl (C=O) groups excluding carboxylic acids is 5. The fourth-order valence-electron chi connectivity index (χ4n) is 7.75. The third kappa shape index (κ3) is 12.1. The van der Waals surface area contributed by atoms with E-state index < -0.39 is 90.9 Å². The number of amides is 2.